The van der Waals surface area contributed by atoms with E-state index in [-0.39, 0.29) is 42.2 Å². The Bertz CT molecular complexity index is 683. The van der Waals surface area contributed by atoms with E-state index in [1.165, 1.54) is 0 Å². The molecule has 0 aliphatic rings. The fraction of sp³-hybridized carbons (Fsp3) is 0.829. The van der Waals surface area contributed by atoms with E-state index in [1.54, 1.807) is 0 Å². The average Bonchev–Trinajstić information content (AvgIpc) is 2.89. The number of hydrogen-bond donors (Lipinski definition) is 3. The Morgan fingerprint density at radius 2 is 0.705 bits per heavy atom. The summed E-state index contributed by atoms with van der Waals surface area (Å²) < 4.78 is 31.6. The van der Waals surface area contributed by atoms with Gasteiger partial charge in [0.1, 0.15) is 18.3 Å². The number of aliphatic hydroxyl groups is 3. The second-order valence-corrected chi connectivity index (χ2v) is 13.5. The molecule has 3 atom stereocenters. The molecule has 0 spiro atoms. The zero-order valence-corrected chi connectivity index (χ0v) is 30.1. The van der Waals surface area contributed by atoms with Crippen LogP contribution < -0.4 is 0 Å². The van der Waals surface area contributed by atoms with Crippen molar-refractivity contribution < 1.29 is 43.7 Å². The highest BCUT2D eigenvalue weighted by atomic mass is 16.6. The van der Waals surface area contributed by atoms with Crippen LogP contribution >= 0.6 is 0 Å². The predicted octanol–water partition coefficient (Wildman–Crippen LogP) is 4.63. The lowest BCUT2D eigenvalue weighted by Gasteiger charge is -2.19. The molecule has 3 N–H and O–H groups in total. The minimum Gasteiger partial charge on any atom is -0.379 e. The van der Waals surface area contributed by atoms with Crippen molar-refractivity contribution in [3.05, 3.63) is 0 Å². The summed E-state index contributed by atoms with van der Waals surface area (Å²) >= 11 is 0. The Labute approximate surface area is 270 Å². The molecule has 0 heterocycles. The molecule has 0 radical (unpaired) electrons. The topological polar surface area (TPSA) is 116 Å². The van der Waals surface area contributed by atoms with Crippen LogP contribution in [-0.4, -0.2) is 109 Å². The van der Waals surface area contributed by atoms with Gasteiger partial charge in [-0.1, -0.05) is 24.7 Å². The minimum absolute atomic E-state index is 0.0674. The molecular weight excluding hydrogens is 564 g/mol. The molecule has 44 heavy (non-hydrogen) atoms. The molecule has 0 fully saturated rings. The van der Waals surface area contributed by atoms with Crippen LogP contribution in [0, 0.1) is 37.0 Å². The molecule has 0 aliphatic heterocycles. The van der Waals surface area contributed by atoms with Gasteiger partial charge in [-0.3, -0.25) is 0 Å². The summed E-state index contributed by atoms with van der Waals surface area (Å²) in [6.45, 7) is 29.5. The van der Waals surface area contributed by atoms with Crippen LogP contribution in [0.15, 0.2) is 0 Å². The van der Waals surface area contributed by atoms with Crippen molar-refractivity contribution in [3.63, 3.8) is 0 Å². The molecular formula is C35H66O9. The van der Waals surface area contributed by atoms with Crippen molar-refractivity contribution in [2.75, 3.05) is 52.9 Å². The van der Waals surface area contributed by atoms with Gasteiger partial charge in [0.2, 0.25) is 0 Å². The van der Waals surface area contributed by atoms with Crippen LogP contribution in [0.2, 0.25) is 0 Å². The summed E-state index contributed by atoms with van der Waals surface area (Å²) in [5, 5.41) is 26.6. The standard InChI is InChI=1S/C11H24O3.3C8H14O2/c1-5-6-12-7-8-13-9-10-14-11(2,3)4;3*1-5-7(9)6-10-8(2,3)4/h5-10H2,1-4H3;3*1,7,9H,6H2,2-4H3/t;2*7-;/m.10./s1. The number of terminal acetylenes is 3. The van der Waals surface area contributed by atoms with Gasteiger partial charge in [0, 0.05) is 6.61 Å². The maximum atomic E-state index is 8.86. The van der Waals surface area contributed by atoms with Crippen LogP contribution in [0.4, 0.5) is 0 Å². The molecule has 0 aromatic carbocycles. The Hall–Kier alpha value is -1.68. The monoisotopic (exact) mass is 630 g/mol. The number of hydrogen-bond acceptors (Lipinski definition) is 9. The van der Waals surface area contributed by atoms with Crippen LogP contribution in [0.25, 0.3) is 0 Å². The Kier molecular flexibility index (Phi) is 30.9. The third kappa shape index (κ3) is 56.1. The molecule has 0 aliphatic carbocycles. The fourth-order valence-electron chi connectivity index (χ4n) is 2.00. The minimum atomic E-state index is -0.778. The number of ether oxygens (including phenoxy) is 6. The Morgan fingerprint density at radius 3 is 0.932 bits per heavy atom. The summed E-state index contributed by atoms with van der Waals surface area (Å²) in [6, 6.07) is 0. The number of rotatable bonds is 14. The van der Waals surface area contributed by atoms with E-state index in [0.29, 0.717) is 26.4 Å². The van der Waals surface area contributed by atoms with Crippen molar-refractivity contribution in [1.29, 1.82) is 0 Å². The van der Waals surface area contributed by atoms with Crippen LogP contribution in [0.1, 0.15) is 96.4 Å². The second-order valence-electron chi connectivity index (χ2n) is 13.5. The van der Waals surface area contributed by atoms with Crippen molar-refractivity contribution >= 4 is 0 Å². The first-order chi connectivity index (χ1) is 19.9. The van der Waals surface area contributed by atoms with Gasteiger partial charge in [0.15, 0.2) is 0 Å². The summed E-state index contributed by atoms with van der Waals surface area (Å²) in [7, 11) is 0. The first-order valence-electron chi connectivity index (χ1n) is 15.1. The van der Waals surface area contributed by atoms with Crippen LogP contribution in [0.5, 0.6) is 0 Å². The van der Waals surface area contributed by atoms with Gasteiger partial charge in [-0.2, -0.15) is 0 Å². The molecule has 9 nitrogen and oxygen atoms in total. The Morgan fingerprint density at radius 1 is 0.455 bits per heavy atom. The molecule has 0 aromatic rings. The zero-order chi connectivity index (χ0) is 35.5. The highest BCUT2D eigenvalue weighted by Gasteiger charge is 2.13. The van der Waals surface area contributed by atoms with Gasteiger partial charge in [-0.15, -0.1) is 19.3 Å². The molecule has 0 rings (SSSR count). The van der Waals surface area contributed by atoms with Crippen LogP contribution in [-0.2, 0) is 28.4 Å². The number of aliphatic hydroxyl groups excluding tert-OH is 3. The van der Waals surface area contributed by atoms with Crippen molar-refractivity contribution in [1.82, 2.24) is 0 Å². The smallest absolute Gasteiger partial charge is 0.137 e. The molecule has 0 aromatic heterocycles. The largest absolute Gasteiger partial charge is 0.379 e. The van der Waals surface area contributed by atoms with E-state index in [0.717, 1.165) is 13.0 Å². The molecule has 0 saturated carbocycles. The van der Waals surface area contributed by atoms with Gasteiger partial charge in [0.25, 0.3) is 0 Å². The first-order valence-corrected chi connectivity index (χ1v) is 15.1. The highest BCUT2D eigenvalue weighted by Crippen LogP contribution is 2.08. The summed E-state index contributed by atoms with van der Waals surface area (Å²) in [4.78, 5) is 0. The lowest BCUT2D eigenvalue weighted by atomic mass is 10.2. The van der Waals surface area contributed by atoms with Gasteiger partial charge in [0.05, 0.1) is 68.7 Å². The lowest BCUT2D eigenvalue weighted by molar-refractivity contribution is -0.0424. The normalized spacial score (nSPS) is 13.6. The zero-order valence-electron chi connectivity index (χ0n) is 30.1. The fourth-order valence-corrected chi connectivity index (χ4v) is 2.00. The van der Waals surface area contributed by atoms with E-state index >= 15 is 0 Å². The third-order valence-electron chi connectivity index (χ3n) is 4.08. The van der Waals surface area contributed by atoms with Gasteiger partial charge < -0.3 is 43.7 Å². The summed E-state index contributed by atoms with van der Waals surface area (Å²) in [5.74, 6) is 6.50. The SMILES string of the molecule is C#CC(O)COC(C)(C)C.C#C[C@@H](O)COC(C)(C)C.C#C[C@H](O)COC(C)(C)C.CCCOCCOCCOC(C)(C)C. The van der Waals surface area contributed by atoms with E-state index in [2.05, 4.69) is 24.7 Å². The van der Waals surface area contributed by atoms with Crippen LogP contribution in [0.3, 0.4) is 0 Å². The van der Waals surface area contributed by atoms with Gasteiger partial charge in [-0.25, -0.2) is 0 Å². The van der Waals surface area contributed by atoms with Crippen molar-refractivity contribution in [2.45, 2.75) is 137 Å². The Balaban J connectivity index is -0.000000245. The lowest BCUT2D eigenvalue weighted by Crippen LogP contribution is -2.25. The maximum Gasteiger partial charge on any atom is 0.137 e. The predicted molar refractivity (Wildman–Crippen MR) is 179 cm³/mol. The molecule has 0 bridgehead atoms. The molecule has 9 heteroatoms. The van der Waals surface area contributed by atoms with E-state index in [4.69, 9.17) is 63.0 Å². The average molecular weight is 631 g/mol. The summed E-state index contributed by atoms with van der Waals surface area (Å²) in [6.07, 6.45) is 13.5. The van der Waals surface area contributed by atoms with E-state index < -0.39 is 18.3 Å². The van der Waals surface area contributed by atoms with Crippen molar-refractivity contribution in [2.24, 2.45) is 0 Å². The third-order valence-corrected chi connectivity index (χ3v) is 4.08. The molecule has 0 saturated heterocycles. The molecule has 260 valence electrons. The van der Waals surface area contributed by atoms with Gasteiger partial charge >= 0.3 is 0 Å². The first kappa shape index (κ1) is 49.2. The molecule has 0 amide bonds. The van der Waals surface area contributed by atoms with Crippen molar-refractivity contribution in [3.8, 4) is 37.0 Å². The molecule has 1 unspecified atom stereocenters. The van der Waals surface area contributed by atoms with E-state index in [1.807, 2.05) is 83.1 Å². The maximum absolute atomic E-state index is 8.86. The van der Waals surface area contributed by atoms with Gasteiger partial charge in [-0.05, 0) is 89.5 Å². The van der Waals surface area contributed by atoms with E-state index in [9.17, 15) is 0 Å². The second kappa shape index (κ2) is 27.6. The highest BCUT2D eigenvalue weighted by molar-refractivity contribution is 4.94. The quantitative estimate of drug-likeness (QED) is 0.187. The summed E-state index contributed by atoms with van der Waals surface area (Å²) in [5.41, 5.74) is -0.741.